The molecular weight excluding hydrogens is 266 g/mol. The molecular formula is C16H17N3S. The smallest absolute Gasteiger partial charge is 0.195 e. The lowest BCUT2D eigenvalue weighted by Gasteiger charge is -2.06. The van der Waals surface area contributed by atoms with Gasteiger partial charge in [-0.3, -0.25) is 5.10 Å². The maximum absolute atomic E-state index is 5.28. The Kier molecular flexibility index (Phi) is 3.65. The summed E-state index contributed by atoms with van der Waals surface area (Å²) in [6.45, 7) is 3.06. The van der Waals surface area contributed by atoms with E-state index in [2.05, 4.69) is 64.2 Å². The van der Waals surface area contributed by atoms with Gasteiger partial charge < -0.3 is 4.57 Å². The molecule has 0 aliphatic heterocycles. The van der Waals surface area contributed by atoms with Crippen molar-refractivity contribution in [3.63, 3.8) is 0 Å². The summed E-state index contributed by atoms with van der Waals surface area (Å²) >= 11 is 5.28. The lowest BCUT2D eigenvalue weighted by Crippen LogP contribution is -2.04. The fourth-order valence-corrected chi connectivity index (χ4v) is 2.71. The number of H-pyrrole nitrogens is 1. The fourth-order valence-electron chi connectivity index (χ4n) is 2.47. The molecule has 0 aliphatic rings. The average Bonchev–Trinajstić information content (AvgIpc) is 2.81. The van der Waals surface area contributed by atoms with Gasteiger partial charge in [-0.05, 0) is 35.0 Å². The molecule has 0 bridgehead atoms. The number of aromatic amines is 1. The van der Waals surface area contributed by atoms with Crippen LogP contribution in [0, 0.1) is 4.77 Å². The molecule has 102 valence electrons. The van der Waals surface area contributed by atoms with E-state index in [1.807, 2.05) is 0 Å². The zero-order valence-corrected chi connectivity index (χ0v) is 12.3. The summed E-state index contributed by atoms with van der Waals surface area (Å²) in [6.07, 6.45) is 1.86. The van der Waals surface area contributed by atoms with Crippen molar-refractivity contribution in [3.05, 3.63) is 58.6 Å². The number of aromatic nitrogens is 3. The second-order valence-electron chi connectivity index (χ2n) is 4.95. The zero-order valence-electron chi connectivity index (χ0n) is 11.5. The van der Waals surface area contributed by atoms with E-state index in [0.717, 1.165) is 25.2 Å². The van der Waals surface area contributed by atoms with E-state index in [1.165, 1.54) is 16.3 Å². The van der Waals surface area contributed by atoms with Gasteiger partial charge in [0.05, 0.1) is 0 Å². The first-order valence-corrected chi connectivity index (χ1v) is 7.30. The van der Waals surface area contributed by atoms with Gasteiger partial charge in [-0.1, -0.05) is 49.4 Å². The average molecular weight is 283 g/mol. The molecule has 3 aromatic rings. The van der Waals surface area contributed by atoms with Crippen LogP contribution in [-0.4, -0.2) is 14.8 Å². The molecule has 0 radical (unpaired) electrons. The molecule has 3 rings (SSSR count). The van der Waals surface area contributed by atoms with Crippen LogP contribution in [0.25, 0.3) is 10.8 Å². The highest BCUT2D eigenvalue weighted by molar-refractivity contribution is 7.71. The van der Waals surface area contributed by atoms with Crippen molar-refractivity contribution in [2.24, 2.45) is 0 Å². The summed E-state index contributed by atoms with van der Waals surface area (Å²) in [5, 5.41) is 9.78. The molecule has 0 atom stereocenters. The Labute approximate surface area is 123 Å². The number of rotatable bonds is 4. The molecule has 0 saturated carbocycles. The normalized spacial score (nSPS) is 11.1. The van der Waals surface area contributed by atoms with E-state index in [4.69, 9.17) is 12.2 Å². The molecule has 2 aromatic carbocycles. The van der Waals surface area contributed by atoms with Crippen molar-refractivity contribution < 1.29 is 0 Å². The summed E-state index contributed by atoms with van der Waals surface area (Å²) in [5.74, 6) is 1.01. The van der Waals surface area contributed by atoms with Crippen molar-refractivity contribution in [3.8, 4) is 0 Å². The van der Waals surface area contributed by atoms with Gasteiger partial charge in [0.2, 0.25) is 0 Å². The van der Waals surface area contributed by atoms with Crippen LogP contribution < -0.4 is 0 Å². The third-order valence-corrected chi connectivity index (χ3v) is 3.77. The molecule has 1 aromatic heterocycles. The predicted molar refractivity (Wildman–Crippen MR) is 84.5 cm³/mol. The van der Waals surface area contributed by atoms with Gasteiger partial charge in [-0.2, -0.15) is 5.10 Å². The minimum absolute atomic E-state index is 0.711. The molecule has 0 fully saturated rings. The van der Waals surface area contributed by atoms with Crippen LogP contribution in [0.1, 0.15) is 24.7 Å². The highest BCUT2D eigenvalue weighted by atomic mass is 32.1. The number of nitrogens with zero attached hydrogens (tertiary/aromatic N) is 2. The van der Waals surface area contributed by atoms with Crippen molar-refractivity contribution in [1.29, 1.82) is 0 Å². The van der Waals surface area contributed by atoms with Gasteiger partial charge in [-0.25, -0.2) is 0 Å². The van der Waals surface area contributed by atoms with Crippen LogP contribution in [-0.2, 0) is 13.0 Å². The Balaban J connectivity index is 1.95. The van der Waals surface area contributed by atoms with E-state index in [9.17, 15) is 0 Å². The van der Waals surface area contributed by atoms with Gasteiger partial charge in [0, 0.05) is 13.0 Å². The van der Waals surface area contributed by atoms with Crippen LogP contribution >= 0.6 is 12.2 Å². The molecule has 1 N–H and O–H groups in total. The Hall–Kier alpha value is -1.94. The Morgan fingerprint density at radius 1 is 1.15 bits per heavy atom. The third-order valence-electron chi connectivity index (χ3n) is 3.46. The Bertz CT molecular complexity index is 786. The number of benzene rings is 2. The summed E-state index contributed by atoms with van der Waals surface area (Å²) in [5.41, 5.74) is 1.26. The standard InChI is InChI=1S/C16H17N3S/c1-2-9-19-15(17-18-16(19)20)11-12-7-8-13-5-3-4-6-14(13)10-12/h3-8,10H,2,9,11H2,1H3,(H,18,20). The Morgan fingerprint density at radius 3 is 2.75 bits per heavy atom. The zero-order chi connectivity index (χ0) is 13.9. The van der Waals surface area contributed by atoms with Crippen molar-refractivity contribution in [1.82, 2.24) is 14.8 Å². The molecule has 4 heteroatoms. The van der Waals surface area contributed by atoms with Gasteiger partial charge in [0.25, 0.3) is 0 Å². The van der Waals surface area contributed by atoms with Crippen LogP contribution in [0.15, 0.2) is 42.5 Å². The maximum Gasteiger partial charge on any atom is 0.195 e. The summed E-state index contributed by atoms with van der Waals surface area (Å²) < 4.78 is 2.80. The molecule has 0 spiro atoms. The first-order chi connectivity index (χ1) is 9.78. The van der Waals surface area contributed by atoms with E-state index in [-0.39, 0.29) is 0 Å². The van der Waals surface area contributed by atoms with Gasteiger partial charge in [0.15, 0.2) is 4.77 Å². The summed E-state index contributed by atoms with van der Waals surface area (Å²) in [6, 6.07) is 15.0. The van der Waals surface area contributed by atoms with Gasteiger partial charge in [0.1, 0.15) is 5.82 Å². The third kappa shape index (κ3) is 2.51. The maximum atomic E-state index is 5.28. The number of hydrogen-bond acceptors (Lipinski definition) is 2. The minimum Gasteiger partial charge on any atom is -0.304 e. The van der Waals surface area contributed by atoms with E-state index in [0.29, 0.717) is 4.77 Å². The predicted octanol–water partition coefficient (Wildman–Crippen LogP) is 4.09. The first-order valence-electron chi connectivity index (χ1n) is 6.89. The van der Waals surface area contributed by atoms with Crippen LogP contribution in [0.3, 0.4) is 0 Å². The topological polar surface area (TPSA) is 33.6 Å². The molecule has 0 unspecified atom stereocenters. The molecule has 20 heavy (non-hydrogen) atoms. The van der Waals surface area contributed by atoms with E-state index < -0.39 is 0 Å². The number of hydrogen-bond donors (Lipinski definition) is 1. The quantitative estimate of drug-likeness (QED) is 0.731. The fraction of sp³-hybridized carbons (Fsp3) is 0.250. The van der Waals surface area contributed by atoms with Crippen LogP contribution in [0.4, 0.5) is 0 Å². The molecule has 0 amide bonds. The van der Waals surface area contributed by atoms with Crippen LogP contribution in [0.5, 0.6) is 0 Å². The van der Waals surface area contributed by atoms with Crippen molar-refractivity contribution in [2.45, 2.75) is 26.3 Å². The van der Waals surface area contributed by atoms with Crippen molar-refractivity contribution in [2.75, 3.05) is 0 Å². The van der Waals surface area contributed by atoms with Crippen LogP contribution in [0.2, 0.25) is 0 Å². The largest absolute Gasteiger partial charge is 0.304 e. The summed E-state index contributed by atoms with van der Waals surface area (Å²) in [4.78, 5) is 0. The first kappa shape index (κ1) is 13.1. The van der Waals surface area contributed by atoms with Gasteiger partial charge in [-0.15, -0.1) is 0 Å². The lowest BCUT2D eigenvalue weighted by molar-refractivity contribution is 0.639. The van der Waals surface area contributed by atoms with Gasteiger partial charge >= 0.3 is 0 Å². The number of fused-ring (bicyclic) bond motifs is 1. The van der Waals surface area contributed by atoms with E-state index >= 15 is 0 Å². The molecule has 3 nitrogen and oxygen atoms in total. The lowest BCUT2D eigenvalue weighted by atomic mass is 10.0. The number of nitrogens with one attached hydrogen (secondary N) is 1. The summed E-state index contributed by atoms with van der Waals surface area (Å²) in [7, 11) is 0. The van der Waals surface area contributed by atoms with Crippen molar-refractivity contribution >= 4 is 23.0 Å². The highest BCUT2D eigenvalue weighted by Crippen LogP contribution is 2.17. The molecule has 0 aliphatic carbocycles. The minimum atomic E-state index is 0.711. The van der Waals surface area contributed by atoms with E-state index in [1.54, 1.807) is 0 Å². The molecule has 1 heterocycles. The monoisotopic (exact) mass is 283 g/mol. The second-order valence-corrected chi connectivity index (χ2v) is 5.34. The second kappa shape index (κ2) is 5.59. The molecule has 0 saturated heterocycles. The Morgan fingerprint density at radius 2 is 1.95 bits per heavy atom. The SMILES string of the molecule is CCCn1c(Cc2ccc3ccccc3c2)n[nH]c1=S. The highest BCUT2D eigenvalue weighted by Gasteiger charge is 2.06.